The van der Waals surface area contributed by atoms with Gasteiger partial charge in [-0.25, -0.2) is 4.39 Å². The number of hydrogen-bond acceptors (Lipinski definition) is 4. The molecular formula is C21H27FN4O. The summed E-state index contributed by atoms with van der Waals surface area (Å²) in [6.07, 6.45) is 3.62. The van der Waals surface area contributed by atoms with E-state index in [4.69, 9.17) is 0 Å². The maximum Gasteiger partial charge on any atom is 0.234 e. The van der Waals surface area contributed by atoms with Gasteiger partial charge in [-0.05, 0) is 35.2 Å². The van der Waals surface area contributed by atoms with Gasteiger partial charge in [0.25, 0.3) is 0 Å². The van der Waals surface area contributed by atoms with Crippen molar-refractivity contribution in [1.29, 1.82) is 0 Å². The zero-order chi connectivity index (χ0) is 19.2. The fraction of sp³-hybridized carbons (Fsp3) is 0.429. The molecule has 6 heteroatoms. The van der Waals surface area contributed by atoms with Crippen LogP contribution in [0.5, 0.6) is 0 Å². The monoisotopic (exact) mass is 370 g/mol. The minimum Gasteiger partial charge on any atom is -0.348 e. The molecule has 27 heavy (non-hydrogen) atoms. The fourth-order valence-corrected chi connectivity index (χ4v) is 3.55. The summed E-state index contributed by atoms with van der Waals surface area (Å²) in [6.45, 7) is 6.89. The Morgan fingerprint density at radius 1 is 1.33 bits per heavy atom. The molecule has 2 heterocycles. The summed E-state index contributed by atoms with van der Waals surface area (Å²) in [5.41, 5.74) is 2.03. The summed E-state index contributed by atoms with van der Waals surface area (Å²) in [4.78, 5) is 19.2. The van der Waals surface area contributed by atoms with E-state index < -0.39 is 0 Å². The third kappa shape index (κ3) is 5.11. The van der Waals surface area contributed by atoms with E-state index in [0.29, 0.717) is 6.54 Å². The quantitative estimate of drug-likeness (QED) is 0.821. The van der Waals surface area contributed by atoms with Crippen LogP contribution in [0.4, 0.5) is 4.39 Å². The number of nitrogens with zero attached hydrogens (tertiary/aromatic N) is 2. The number of rotatable bonds is 6. The van der Waals surface area contributed by atoms with Crippen LogP contribution in [-0.4, -0.2) is 42.0 Å². The van der Waals surface area contributed by atoms with E-state index >= 15 is 0 Å². The van der Waals surface area contributed by atoms with Gasteiger partial charge in [-0.1, -0.05) is 32.0 Å². The summed E-state index contributed by atoms with van der Waals surface area (Å²) >= 11 is 0. The molecule has 0 aliphatic carbocycles. The first-order valence-corrected chi connectivity index (χ1v) is 9.44. The molecule has 5 nitrogen and oxygen atoms in total. The second kappa shape index (κ2) is 9.06. The van der Waals surface area contributed by atoms with Crippen LogP contribution < -0.4 is 10.6 Å². The molecule has 0 bridgehead atoms. The van der Waals surface area contributed by atoms with Crippen LogP contribution >= 0.6 is 0 Å². The smallest absolute Gasteiger partial charge is 0.234 e. The van der Waals surface area contributed by atoms with Crippen LogP contribution in [0.15, 0.2) is 48.8 Å². The minimum absolute atomic E-state index is 0.0196. The van der Waals surface area contributed by atoms with Gasteiger partial charge in [0.05, 0.1) is 12.6 Å². The number of pyridine rings is 1. The second-order valence-electron chi connectivity index (χ2n) is 7.32. The Balaban J connectivity index is 1.68. The topological polar surface area (TPSA) is 57.3 Å². The predicted octanol–water partition coefficient (Wildman–Crippen LogP) is 2.68. The number of carbonyl (C=O) groups is 1. The molecule has 1 saturated heterocycles. The van der Waals surface area contributed by atoms with E-state index in [0.717, 1.165) is 30.8 Å². The first-order valence-electron chi connectivity index (χ1n) is 9.44. The van der Waals surface area contributed by atoms with Crippen LogP contribution in [0.2, 0.25) is 0 Å². The summed E-state index contributed by atoms with van der Waals surface area (Å²) in [6, 6.07) is 10.3. The third-order valence-corrected chi connectivity index (χ3v) is 4.98. The van der Waals surface area contributed by atoms with Crippen molar-refractivity contribution in [2.24, 2.45) is 5.92 Å². The van der Waals surface area contributed by atoms with Crippen molar-refractivity contribution in [3.8, 4) is 0 Å². The van der Waals surface area contributed by atoms with Gasteiger partial charge in [0.15, 0.2) is 0 Å². The zero-order valence-electron chi connectivity index (χ0n) is 15.9. The molecule has 2 atom stereocenters. The lowest BCUT2D eigenvalue weighted by Gasteiger charge is -2.36. The summed E-state index contributed by atoms with van der Waals surface area (Å²) < 4.78 is 13.2. The molecule has 1 aliphatic heterocycles. The number of amides is 1. The highest BCUT2D eigenvalue weighted by molar-refractivity contribution is 5.78. The molecule has 0 spiro atoms. The summed E-state index contributed by atoms with van der Waals surface area (Å²) in [5.74, 6) is -0.0851. The van der Waals surface area contributed by atoms with E-state index in [1.807, 2.05) is 18.3 Å². The van der Waals surface area contributed by atoms with Crippen molar-refractivity contribution >= 4 is 5.91 Å². The molecule has 144 valence electrons. The molecule has 2 N–H and O–H groups in total. The van der Waals surface area contributed by atoms with Gasteiger partial charge in [-0.3, -0.25) is 14.7 Å². The van der Waals surface area contributed by atoms with E-state index in [2.05, 4.69) is 34.4 Å². The van der Waals surface area contributed by atoms with Crippen molar-refractivity contribution in [2.75, 3.05) is 26.2 Å². The Bertz CT molecular complexity index is 736. The van der Waals surface area contributed by atoms with Gasteiger partial charge in [0.2, 0.25) is 5.91 Å². The van der Waals surface area contributed by atoms with Gasteiger partial charge in [0.1, 0.15) is 5.82 Å². The van der Waals surface area contributed by atoms with Gasteiger partial charge < -0.3 is 10.6 Å². The van der Waals surface area contributed by atoms with Crippen molar-refractivity contribution in [3.63, 3.8) is 0 Å². The van der Waals surface area contributed by atoms with Gasteiger partial charge in [-0.2, -0.15) is 0 Å². The maximum atomic E-state index is 13.2. The van der Waals surface area contributed by atoms with Crippen molar-refractivity contribution < 1.29 is 9.18 Å². The minimum atomic E-state index is -0.271. The van der Waals surface area contributed by atoms with E-state index in [-0.39, 0.29) is 29.7 Å². The number of halogens is 1. The summed E-state index contributed by atoms with van der Waals surface area (Å²) in [5, 5.41) is 6.52. The average molecular weight is 370 g/mol. The SMILES string of the molecule is CC(C)C(NC(=O)CN1CCNCC1c1cccnc1)c1ccc(F)cc1. The van der Waals surface area contributed by atoms with Gasteiger partial charge in [-0.15, -0.1) is 0 Å². The molecule has 1 amide bonds. The summed E-state index contributed by atoms with van der Waals surface area (Å²) in [7, 11) is 0. The second-order valence-corrected chi connectivity index (χ2v) is 7.32. The van der Waals surface area contributed by atoms with Crippen molar-refractivity contribution in [1.82, 2.24) is 20.5 Å². The lowest BCUT2D eigenvalue weighted by Crippen LogP contribution is -2.50. The number of piperazine rings is 1. The fourth-order valence-electron chi connectivity index (χ4n) is 3.55. The largest absolute Gasteiger partial charge is 0.348 e. The van der Waals surface area contributed by atoms with Gasteiger partial charge >= 0.3 is 0 Å². The molecule has 3 rings (SSSR count). The Labute approximate surface area is 160 Å². The van der Waals surface area contributed by atoms with Crippen molar-refractivity contribution in [3.05, 3.63) is 65.7 Å². The third-order valence-electron chi connectivity index (χ3n) is 4.98. The lowest BCUT2D eigenvalue weighted by atomic mass is 9.96. The van der Waals surface area contributed by atoms with Crippen LogP contribution in [0.3, 0.4) is 0 Å². The molecule has 1 fully saturated rings. The van der Waals surface area contributed by atoms with Crippen LogP contribution in [-0.2, 0) is 4.79 Å². The molecule has 2 unspecified atom stereocenters. The molecular weight excluding hydrogens is 343 g/mol. The van der Waals surface area contributed by atoms with Crippen LogP contribution in [0, 0.1) is 11.7 Å². The maximum absolute atomic E-state index is 13.2. The van der Waals surface area contributed by atoms with Crippen LogP contribution in [0.25, 0.3) is 0 Å². The Kier molecular flexibility index (Phi) is 6.53. The Morgan fingerprint density at radius 3 is 2.78 bits per heavy atom. The number of nitrogens with one attached hydrogen (secondary N) is 2. The Hall–Kier alpha value is -2.31. The van der Waals surface area contributed by atoms with Crippen LogP contribution in [0.1, 0.15) is 37.1 Å². The number of hydrogen-bond donors (Lipinski definition) is 2. The molecule has 1 aromatic carbocycles. The van der Waals surface area contributed by atoms with E-state index in [9.17, 15) is 9.18 Å². The van der Waals surface area contributed by atoms with E-state index in [1.54, 1.807) is 18.3 Å². The molecule has 0 saturated carbocycles. The molecule has 0 radical (unpaired) electrons. The number of carbonyl (C=O) groups excluding carboxylic acids is 1. The molecule has 1 aromatic heterocycles. The first kappa shape index (κ1) is 19.5. The zero-order valence-corrected chi connectivity index (χ0v) is 15.9. The number of aromatic nitrogens is 1. The predicted molar refractivity (Wildman–Crippen MR) is 104 cm³/mol. The molecule has 2 aromatic rings. The average Bonchev–Trinajstić information content (AvgIpc) is 2.68. The Morgan fingerprint density at radius 2 is 2.11 bits per heavy atom. The molecule has 1 aliphatic rings. The highest BCUT2D eigenvalue weighted by Crippen LogP contribution is 2.23. The first-order chi connectivity index (χ1) is 13.0. The van der Waals surface area contributed by atoms with Gasteiger partial charge in [0, 0.05) is 38.1 Å². The van der Waals surface area contributed by atoms with E-state index in [1.165, 1.54) is 12.1 Å². The normalized spacial score (nSPS) is 19.0. The van der Waals surface area contributed by atoms with Crippen molar-refractivity contribution in [2.45, 2.75) is 25.9 Å². The highest BCUT2D eigenvalue weighted by atomic mass is 19.1. The lowest BCUT2D eigenvalue weighted by molar-refractivity contribution is -0.124. The highest BCUT2D eigenvalue weighted by Gasteiger charge is 2.27. The number of benzene rings is 1. The standard InChI is InChI=1S/C21H27FN4O/c1-15(2)21(16-5-7-18(22)8-6-16)25-20(27)14-26-11-10-24-13-19(26)17-4-3-9-23-12-17/h3-9,12,15,19,21,24H,10-11,13-14H2,1-2H3,(H,25,27).